The number of carbonyl (C=O) groups is 1. The average molecular weight is 367 g/mol. The van der Waals surface area contributed by atoms with Crippen molar-refractivity contribution in [3.63, 3.8) is 0 Å². The van der Waals surface area contributed by atoms with E-state index in [9.17, 15) is 9.18 Å². The maximum Gasteiger partial charge on any atom is 0.256 e. The number of carbonyl (C=O) groups excluding carboxylic acids is 1. The van der Waals surface area contributed by atoms with Crippen LogP contribution in [0.4, 0.5) is 4.39 Å². The Balaban J connectivity index is 1.93. The normalized spacial score (nSPS) is 10.5. The number of halogens is 1. The van der Waals surface area contributed by atoms with E-state index < -0.39 is 11.9 Å². The van der Waals surface area contributed by atoms with E-state index in [2.05, 4.69) is 9.97 Å². The van der Waals surface area contributed by atoms with E-state index in [-0.39, 0.29) is 5.75 Å². The van der Waals surface area contributed by atoms with Crippen molar-refractivity contribution in [2.24, 2.45) is 5.73 Å². The number of rotatable bonds is 6. The lowest BCUT2D eigenvalue weighted by atomic mass is 9.99. The maximum atomic E-state index is 13.9. The van der Waals surface area contributed by atoms with Gasteiger partial charge in [0.25, 0.3) is 5.95 Å². The summed E-state index contributed by atoms with van der Waals surface area (Å²) >= 11 is 0. The van der Waals surface area contributed by atoms with Gasteiger partial charge in [-0.1, -0.05) is 13.0 Å². The number of aryl methyl sites for hydroxylation is 1. The largest absolute Gasteiger partial charge is 0.495 e. The summed E-state index contributed by atoms with van der Waals surface area (Å²) < 4.78 is 24.5. The number of benzene rings is 1. The Bertz CT molecular complexity index is 992. The van der Waals surface area contributed by atoms with Crippen molar-refractivity contribution in [3.8, 4) is 28.5 Å². The van der Waals surface area contributed by atoms with Crippen molar-refractivity contribution >= 4 is 5.91 Å². The highest BCUT2D eigenvalue weighted by molar-refractivity contribution is 5.95. The minimum Gasteiger partial charge on any atom is -0.495 e. The first-order valence-corrected chi connectivity index (χ1v) is 8.28. The van der Waals surface area contributed by atoms with Gasteiger partial charge in [0.05, 0.1) is 19.0 Å². The molecule has 27 heavy (non-hydrogen) atoms. The first kappa shape index (κ1) is 18.3. The number of aromatic nitrogens is 2. The number of primary amides is 1. The summed E-state index contributed by atoms with van der Waals surface area (Å²) in [6.45, 7) is 1.94. The van der Waals surface area contributed by atoms with Crippen molar-refractivity contribution < 1.29 is 18.7 Å². The SMILES string of the molecule is CCc1cc(-c2cc(Oc3cc(OC)cnc3F)ccn2)ccc1C(N)=O. The van der Waals surface area contributed by atoms with Crippen LogP contribution in [0.2, 0.25) is 0 Å². The van der Waals surface area contributed by atoms with Gasteiger partial charge in [0.15, 0.2) is 5.75 Å². The van der Waals surface area contributed by atoms with Crippen molar-refractivity contribution in [1.29, 1.82) is 0 Å². The lowest BCUT2D eigenvalue weighted by molar-refractivity contribution is 0.0999. The predicted molar refractivity (Wildman–Crippen MR) is 98.4 cm³/mol. The first-order valence-electron chi connectivity index (χ1n) is 8.28. The third-order valence-electron chi connectivity index (χ3n) is 4.02. The molecule has 0 saturated heterocycles. The standard InChI is InChI=1S/C20H18FN3O3/c1-3-12-8-13(4-5-16(12)20(22)25)17-9-14(6-7-23-17)27-18-10-15(26-2)11-24-19(18)21/h4-11H,3H2,1-2H3,(H2,22,25). The monoisotopic (exact) mass is 367 g/mol. The van der Waals surface area contributed by atoms with Crippen LogP contribution in [-0.2, 0) is 6.42 Å². The van der Waals surface area contributed by atoms with Crippen molar-refractivity contribution in [2.75, 3.05) is 7.11 Å². The van der Waals surface area contributed by atoms with E-state index in [1.165, 1.54) is 19.4 Å². The number of methoxy groups -OCH3 is 1. The van der Waals surface area contributed by atoms with Gasteiger partial charge in [-0.05, 0) is 30.2 Å². The van der Waals surface area contributed by atoms with Crippen LogP contribution in [0.25, 0.3) is 11.3 Å². The number of hydrogen-bond acceptors (Lipinski definition) is 5. The zero-order valence-electron chi connectivity index (χ0n) is 14.9. The molecule has 2 N–H and O–H groups in total. The molecule has 2 aromatic heterocycles. The quantitative estimate of drug-likeness (QED) is 0.671. The number of hydrogen-bond donors (Lipinski definition) is 1. The van der Waals surface area contributed by atoms with Gasteiger partial charge in [-0.25, -0.2) is 4.98 Å². The molecule has 1 amide bonds. The van der Waals surface area contributed by atoms with E-state index in [1.54, 1.807) is 30.5 Å². The summed E-state index contributed by atoms with van der Waals surface area (Å²) in [6.07, 6.45) is 3.49. The Kier molecular flexibility index (Phi) is 5.30. The molecule has 3 aromatic rings. The second-order valence-corrected chi connectivity index (χ2v) is 5.73. The summed E-state index contributed by atoms with van der Waals surface area (Å²) in [4.78, 5) is 19.4. The zero-order valence-corrected chi connectivity index (χ0v) is 14.9. The fourth-order valence-electron chi connectivity index (χ4n) is 2.64. The lowest BCUT2D eigenvalue weighted by Gasteiger charge is -2.10. The third-order valence-corrected chi connectivity index (χ3v) is 4.02. The van der Waals surface area contributed by atoms with Crippen LogP contribution in [0.1, 0.15) is 22.8 Å². The molecule has 0 radical (unpaired) electrons. The molecule has 3 rings (SSSR count). The van der Waals surface area contributed by atoms with E-state index in [4.69, 9.17) is 15.2 Å². The van der Waals surface area contributed by atoms with E-state index in [0.717, 1.165) is 11.1 Å². The summed E-state index contributed by atoms with van der Waals surface area (Å²) in [5.41, 5.74) is 8.13. The molecule has 1 aromatic carbocycles. The second-order valence-electron chi connectivity index (χ2n) is 5.73. The predicted octanol–water partition coefficient (Wildman–Crippen LogP) is 3.74. The number of amides is 1. The molecular weight excluding hydrogens is 349 g/mol. The molecule has 0 aliphatic carbocycles. The van der Waals surface area contributed by atoms with E-state index >= 15 is 0 Å². The molecule has 0 atom stereocenters. The smallest absolute Gasteiger partial charge is 0.256 e. The van der Waals surface area contributed by atoms with E-state index in [0.29, 0.717) is 29.2 Å². The second kappa shape index (κ2) is 7.82. The van der Waals surface area contributed by atoms with E-state index in [1.807, 2.05) is 13.0 Å². The Labute approximate surface area is 155 Å². The Morgan fingerprint density at radius 2 is 1.96 bits per heavy atom. The molecule has 7 heteroatoms. The first-order chi connectivity index (χ1) is 13.0. The van der Waals surface area contributed by atoms with Crippen molar-refractivity contribution in [1.82, 2.24) is 9.97 Å². The molecule has 0 aliphatic rings. The van der Waals surface area contributed by atoms with Gasteiger partial charge in [0.2, 0.25) is 5.91 Å². The maximum absolute atomic E-state index is 13.9. The van der Waals surface area contributed by atoms with Crippen molar-refractivity contribution in [2.45, 2.75) is 13.3 Å². The van der Waals surface area contributed by atoms with Crippen molar-refractivity contribution in [3.05, 3.63) is 65.9 Å². The molecule has 0 bridgehead atoms. The van der Waals surface area contributed by atoms with Gasteiger partial charge in [-0.2, -0.15) is 4.39 Å². The molecule has 6 nitrogen and oxygen atoms in total. The Morgan fingerprint density at radius 1 is 1.15 bits per heavy atom. The average Bonchev–Trinajstić information content (AvgIpc) is 2.69. The lowest BCUT2D eigenvalue weighted by Crippen LogP contribution is -2.13. The number of nitrogens with two attached hydrogens (primary N) is 1. The number of ether oxygens (including phenoxy) is 2. The van der Waals surface area contributed by atoms with Crippen LogP contribution >= 0.6 is 0 Å². The minimum absolute atomic E-state index is 0.0511. The Morgan fingerprint density at radius 3 is 2.67 bits per heavy atom. The summed E-state index contributed by atoms with van der Waals surface area (Å²) in [6, 6.07) is 10.0. The highest BCUT2D eigenvalue weighted by Crippen LogP contribution is 2.29. The third kappa shape index (κ3) is 4.03. The van der Waals surface area contributed by atoms with Gasteiger partial charge >= 0.3 is 0 Å². The molecule has 2 heterocycles. The summed E-state index contributed by atoms with van der Waals surface area (Å²) in [5, 5.41) is 0. The molecular formula is C20H18FN3O3. The van der Waals surface area contributed by atoms with Crippen LogP contribution in [0.5, 0.6) is 17.2 Å². The molecule has 138 valence electrons. The summed E-state index contributed by atoms with van der Waals surface area (Å²) in [7, 11) is 1.46. The Hall–Kier alpha value is -3.48. The fraction of sp³-hybridized carbons (Fsp3) is 0.150. The number of nitrogens with zero attached hydrogens (tertiary/aromatic N) is 2. The molecule has 0 fully saturated rings. The van der Waals surface area contributed by atoms with Gasteiger partial charge in [-0.15, -0.1) is 0 Å². The highest BCUT2D eigenvalue weighted by atomic mass is 19.1. The molecule has 0 saturated carbocycles. The van der Waals surface area contributed by atoms with Crippen LogP contribution in [0.3, 0.4) is 0 Å². The number of pyridine rings is 2. The van der Waals surface area contributed by atoms with Gasteiger partial charge in [-0.3, -0.25) is 9.78 Å². The van der Waals surface area contributed by atoms with Gasteiger partial charge < -0.3 is 15.2 Å². The van der Waals surface area contributed by atoms with Gasteiger partial charge in [0.1, 0.15) is 11.5 Å². The minimum atomic E-state index is -0.742. The molecule has 0 spiro atoms. The van der Waals surface area contributed by atoms with Crippen LogP contribution in [0.15, 0.2) is 48.8 Å². The topological polar surface area (TPSA) is 87.3 Å². The van der Waals surface area contributed by atoms with Gasteiger partial charge in [0, 0.05) is 29.5 Å². The zero-order chi connectivity index (χ0) is 19.4. The molecule has 0 unspecified atom stereocenters. The van der Waals surface area contributed by atoms with Crippen LogP contribution in [0, 0.1) is 5.95 Å². The molecule has 0 aliphatic heterocycles. The fourth-order valence-corrected chi connectivity index (χ4v) is 2.64. The van der Waals surface area contributed by atoms with Crippen LogP contribution in [-0.4, -0.2) is 23.0 Å². The highest BCUT2D eigenvalue weighted by Gasteiger charge is 2.12. The van der Waals surface area contributed by atoms with Crippen LogP contribution < -0.4 is 15.2 Å². The summed E-state index contributed by atoms with van der Waals surface area (Å²) in [5.74, 6) is -0.483.